The summed E-state index contributed by atoms with van der Waals surface area (Å²) in [7, 11) is 1.83. The number of hydrogen-bond donors (Lipinski definition) is 2. The number of pyridine rings is 1. The van der Waals surface area contributed by atoms with Crippen LogP contribution in [0.1, 0.15) is 6.92 Å². The lowest BCUT2D eigenvalue weighted by molar-refractivity contribution is -0.119. The lowest BCUT2D eigenvalue weighted by atomic mass is 10.1. The molecule has 0 bridgehead atoms. The number of nitrogens with one attached hydrogen (secondary N) is 2. The van der Waals surface area contributed by atoms with Gasteiger partial charge in [-0.2, -0.15) is 0 Å². The first-order chi connectivity index (χ1) is 10.2. The number of carbonyl (C=O) groups excluding carboxylic acids is 1. The summed E-state index contributed by atoms with van der Waals surface area (Å²) in [5.74, 6) is 1.25. The van der Waals surface area contributed by atoms with E-state index >= 15 is 0 Å². The van der Waals surface area contributed by atoms with Crippen LogP contribution < -0.4 is 15.4 Å². The first kappa shape index (κ1) is 21.2. The van der Waals surface area contributed by atoms with Gasteiger partial charge in [0.15, 0.2) is 0 Å². The molecule has 2 aromatic rings. The van der Waals surface area contributed by atoms with Crippen molar-refractivity contribution in [1.29, 1.82) is 0 Å². The van der Waals surface area contributed by atoms with E-state index in [4.69, 9.17) is 4.74 Å². The van der Waals surface area contributed by atoms with Gasteiger partial charge in [0.05, 0.1) is 0 Å². The van der Waals surface area contributed by atoms with Gasteiger partial charge in [0.1, 0.15) is 11.5 Å². The van der Waals surface area contributed by atoms with Gasteiger partial charge in [-0.15, -0.1) is 24.8 Å². The third-order valence-electron chi connectivity index (χ3n) is 2.94. The number of aromatic nitrogens is 1. The summed E-state index contributed by atoms with van der Waals surface area (Å²) in [6.45, 7) is 2.52. The van der Waals surface area contributed by atoms with Gasteiger partial charge in [0, 0.05) is 36.6 Å². The molecule has 5 nitrogen and oxygen atoms in total. The average Bonchev–Trinajstić information content (AvgIpc) is 2.49. The molecule has 0 fully saturated rings. The molecule has 2 rings (SSSR count). The molecule has 0 aliphatic heterocycles. The van der Waals surface area contributed by atoms with Crippen LogP contribution in [-0.2, 0) is 4.79 Å². The second-order valence-electron chi connectivity index (χ2n) is 4.76. The number of anilines is 1. The van der Waals surface area contributed by atoms with Crippen LogP contribution in [0.4, 0.5) is 5.69 Å². The molecular weight excluding hydrogens is 337 g/mol. The number of rotatable bonds is 6. The van der Waals surface area contributed by atoms with Crippen molar-refractivity contribution in [3.8, 4) is 11.5 Å². The van der Waals surface area contributed by atoms with Crippen LogP contribution in [-0.4, -0.2) is 24.5 Å². The monoisotopic (exact) mass is 357 g/mol. The van der Waals surface area contributed by atoms with Crippen molar-refractivity contribution in [3.63, 3.8) is 0 Å². The van der Waals surface area contributed by atoms with E-state index in [9.17, 15) is 4.79 Å². The number of hydrogen-bond acceptors (Lipinski definition) is 4. The summed E-state index contributed by atoms with van der Waals surface area (Å²) >= 11 is 0. The van der Waals surface area contributed by atoms with Gasteiger partial charge < -0.3 is 15.4 Å². The molecule has 1 amide bonds. The number of nitrogens with zero attached hydrogens (tertiary/aromatic N) is 1. The summed E-state index contributed by atoms with van der Waals surface area (Å²) < 4.78 is 5.70. The molecule has 0 aliphatic carbocycles. The fourth-order valence-electron chi connectivity index (χ4n) is 1.84. The highest BCUT2D eigenvalue weighted by Gasteiger charge is 2.12. The van der Waals surface area contributed by atoms with Gasteiger partial charge in [0.25, 0.3) is 0 Å². The molecule has 0 aliphatic rings. The van der Waals surface area contributed by atoms with Crippen molar-refractivity contribution in [3.05, 3.63) is 48.8 Å². The zero-order valence-corrected chi connectivity index (χ0v) is 14.6. The van der Waals surface area contributed by atoms with Crippen LogP contribution in [0.3, 0.4) is 0 Å². The van der Waals surface area contributed by atoms with Gasteiger partial charge in [0.2, 0.25) is 5.91 Å². The van der Waals surface area contributed by atoms with Crippen LogP contribution in [0.5, 0.6) is 11.5 Å². The van der Waals surface area contributed by atoms with Gasteiger partial charge in [-0.3, -0.25) is 9.78 Å². The molecule has 7 heteroatoms. The summed E-state index contributed by atoms with van der Waals surface area (Å²) in [5, 5.41) is 5.87. The third kappa shape index (κ3) is 6.86. The summed E-state index contributed by atoms with van der Waals surface area (Å²) in [4.78, 5) is 15.9. The van der Waals surface area contributed by atoms with Crippen molar-refractivity contribution in [2.75, 3.05) is 18.9 Å². The molecule has 23 heavy (non-hydrogen) atoms. The predicted octanol–water partition coefficient (Wildman–Crippen LogP) is 3.51. The van der Waals surface area contributed by atoms with Crippen LogP contribution in [0.15, 0.2) is 48.8 Å². The molecule has 1 atom stereocenters. The Hall–Kier alpha value is -1.82. The Balaban J connectivity index is 0.00000242. The Morgan fingerprint density at radius 2 is 1.87 bits per heavy atom. The van der Waals surface area contributed by atoms with Gasteiger partial charge >= 0.3 is 0 Å². The maximum absolute atomic E-state index is 12.0. The Bertz CT molecular complexity index is 597. The van der Waals surface area contributed by atoms with E-state index in [1.54, 1.807) is 30.6 Å². The Morgan fingerprint density at radius 1 is 1.17 bits per heavy atom. The number of ether oxygens (including phenoxy) is 1. The molecular formula is C16H21Cl2N3O2. The fourth-order valence-corrected chi connectivity index (χ4v) is 1.84. The lowest BCUT2D eigenvalue weighted by Crippen LogP contribution is -2.28. The molecule has 1 aromatic heterocycles. The molecule has 1 unspecified atom stereocenters. The van der Waals surface area contributed by atoms with E-state index < -0.39 is 0 Å². The van der Waals surface area contributed by atoms with E-state index in [1.807, 2.05) is 32.2 Å². The second-order valence-corrected chi connectivity index (χ2v) is 4.76. The summed E-state index contributed by atoms with van der Waals surface area (Å²) in [5.41, 5.74) is 0.717. The first-order valence-corrected chi connectivity index (χ1v) is 6.82. The minimum absolute atomic E-state index is 0. The molecule has 1 heterocycles. The van der Waals surface area contributed by atoms with E-state index in [1.165, 1.54) is 0 Å². The maximum atomic E-state index is 12.0. The van der Waals surface area contributed by atoms with Gasteiger partial charge in [-0.1, -0.05) is 13.0 Å². The van der Waals surface area contributed by atoms with E-state index in [2.05, 4.69) is 15.6 Å². The Labute approximate surface area is 148 Å². The third-order valence-corrected chi connectivity index (χ3v) is 2.94. The number of halogens is 2. The van der Waals surface area contributed by atoms with Gasteiger partial charge in [-0.25, -0.2) is 0 Å². The lowest BCUT2D eigenvalue weighted by Gasteiger charge is -2.12. The Kier molecular flexibility index (Phi) is 9.97. The molecule has 1 aromatic carbocycles. The fraction of sp³-hybridized carbons (Fsp3) is 0.250. The number of amides is 1. The Morgan fingerprint density at radius 3 is 2.52 bits per heavy atom. The second kappa shape index (κ2) is 10.8. The number of benzene rings is 1. The highest BCUT2D eigenvalue weighted by atomic mass is 35.5. The van der Waals surface area contributed by atoms with Crippen molar-refractivity contribution >= 4 is 36.4 Å². The normalized spacial score (nSPS) is 10.7. The van der Waals surface area contributed by atoms with Crippen LogP contribution in [0, 0.1) is 5.92 Å². The first-order valence-electron chi connectivity index (χ1n) is 6.82. The van der Waals surface area contributed by atoms with E-state index in [0.717, 1.165) is 5.69 Å². The average molecular weight is 358 g/mol. The largest absolute Gasteiger partial charge is 0.457 e. The molecule has 2 N–H and O–H groups in total. The highest BCUT2D eigenvalue weighted by molar-refractivity contribution is 5.92. The van der Waals surface area contributed by atoms with Crippen molar-refractivity contribution in [2.45, 2.75) is 6.92 Å². The number of carbonyl (C=O) groups is 1. The SMILES string of the molecule is CNCC(C)C(=O)Nc1cccc(Oc2ccncc2)c1.Cl.Cl. The highest BCUT2D eigenvalue weighted by Crippen LogP contribution is 2.23. The van der Waals surface area contributed by atoms with Crippen molar-refractivity contribution in [2.24, 2.45) is 5.92 Å². The maximum Gasteiger partial charge on any atom is 0.228 e. The van der Waals surface area contributed by atoms with Crippen LogP contribution in [0.25, 0.3) is 0 Å². The van der Waals surface area contributed by atoms with Crippen molar-refractivity contribution in [1.82, 2.24) is 10.3 Å². The topological polar surface area (TPSA) is 63.2 Å². The zero-order chi connectivity index (χ0) is 15.1. The van der Waals surface area contributed by atoms with E-state index in [-0.39, 0.29) is 36.6 Å². The quantitative estimate of drug-likeness (QED) is 0.830. The smallest absolute Gasteiger partial charge is 0.228 e. The van der Waals surface area contributed by atoms with Crippen molar-refractivity contribution < 1.29 is 9.53 Å². The molecule has 126 valence electrons. The molecule has 0 spiro atoms. The molecule has 0 saturated carbocycles. The molecule has 0 radical (unpaired) electrons. The van der Waals surface area contributed by atoms with Crippen LogP contribution >= 0.6 is 24.8 Å². The standard InChI is InChI=1S/C16H19N3O2.2ClH/c1-12(11-17-2)16(20)19-13-4-3-5-15(10-13)21-14-6-8-18-9-7-14;;/h3-10,12,17H,11H2,1-2H3,(H,19,20);2*1H. The minimum atomic E-state index is -0.0974. The van der Waals surface area contributed by atoms with E-state index in [0.29, 0.717) is 18.0 Å². The molecule has 0 saturated heterocycles. The summed E-state index contributed by atoms with van der Waals surface area (Å²) in [6, 6.07) is 10.9. The van der Waals surface area contributed by atoms with Gasteiger partial charge in [-0.05, 0) is 31.3 Å². The summed E-state index contributed by atoms with van der Waals surface area (Å²) in [6.07, 6.45) is 3.33. The van der Waals surface area contributed by atoms with Crippen LogP contribution in [0.2, 0.25) is 0 Å². The zero-order valence-electron chi connectivity index (χ0n) is 13.0. The minimum Gasteiger partial charge on any atom is -0.457 e. The predicted molar refractivity (Wildman–Crippen MR) is 97.0 cm³/mol.